The van der Waals surface area contributed by atoms with Crippen molar-refractivity contribution in [2.24, 2.45) is 0 Å². The number of aromatic nitrogens is 1. The first-order chi connectivity index (χ1) is 10.9. The first-order valence-corrected chi connectivity index (χ1v) is 9.33. The summed E-state index contributed by atoms with van der Waals surface area (Å²) in [5.74, 6) is -0.103. The molecule has 1 aliphatic heterocycles. The molecular formula is C16H21N3O3S. The molecule has 0 radical (unpaired) electrons. The van der Waals surface area contributed by atoms with Crippen molar-refractivity contribution < 1.29 is 13.2 Å². The third kappa shape index (κ3) is 2.86. The summed E-state index contributed by atoms with van der Waals surface area (Å²) in [4.78, 5) is 17.7. The molecule has 0 unspecified atom stereocenters. The molecule has 0 spiro atoms. The molecule has 1 saturated heterocycles. The van der Waals surface area contributed by atoms with Crippen LogP contribution in [0.25, 0.3) is 10.9 Å². The lowest BCUT2D eigenvalue weighted by molar-refractivity contribution is 0.0794. The maximum atomic E-state index is 12.9. The molecule has 2 heterocycles. The summed E-state index contributed by atoms with van der Waals surface area (Å²) in [5.41, 5.74) is 2.38. The molecule has 1 fully saturated rings. The van der Waals surface area contributed by atoms with E-state index in [9.17, 15) is 13.2 Å². The fraction of sp³-hybridized carbons (Fsp3) is 0.438. The molecule has 0 saturated carbocycles. The predicted octanol–water partition coefficient (Wildman–Crippen LogP) is 1.63. The number of likely N-dealkylation sites (tertiary alicyclic amines) is 1. The smallest absolute Gasteiger partial charge is 0.256 e. The van der Waals surface area contributed by atoms with Gasteiger partial charge in [-0.25, -0.2) is 13.1 Å². The maximum absolute atomic E-state index is 12.9. The fourth-order valence-corrected chi connectivity index (χ4v) is 4.63. The van der Waals surface area contributed by atoms with Gasteiger partial charge in [-0.2, -0.15) is 0 Å². The van der Waals surface area contributed by atoms with Crippen molar-refractivity contribution >= 4 is 26.8 Å². The molecule has 1 aliphatic rings. The van der Waals surface area contributed by atoms with Gasteiger partial charge in [0, 0.05) is 36.2 Å². The number of fused-ring (bicyclic) bond motifs is 1. The number of H-pyrrole nitrogens is 1. The van der Waals surface area contributed by atoms with Crippen LogP contribution >= 0.6 is 0 Å². The Hall–Kier alpha value is -1.86. The van der Waals surface area contributed by atoms with E-state index < -0.39 is 15.3 Å². The Kier molecular flexibility index (Phi) is 4.16. The number of aromatic amines is 1. The van der Waals surface area contributed by atoms with Crippen LogP contribution in [0.4, 0.5) is 0 Å². The number of aryl methyl sites for hydroxylation is 1. The summed E-state index contributed by atoms with van der Waals surface area (Å²) in [7, 11) is -3.35. The minimum Gasteiger partial charge on any atom is -0.358 e. The molecule has 3 rings (SSSR count). The summed E-state index contributed by atoms with van der Waals surface area (Å²) in [6.07, 6.45) is 0.475. The second-order valence-electron chi connectivity index (χ2n) is 5.88. The van der Waals surface area contributed by atoms with Gasteiger partial charge in [-0.15, -0.1) is 0 Å². The van der Waals surface area contributed by atoms with E-state index in [1.807, 2.05) is 31.2 Å². The van der Waals surface area contributed by atoms with Crippen molar-refractivity contribution in [2.75, 3.05) is 19.6 Å². The van der Waals surface area contributed by atoms with Crippen molar-refractivity contribution in [3.8, 4) is 0 Å². The fourth-order valence-electron chi connectivity index (χ4n) is 3.20. The number of carbonyl (C=O) groups is 1. The molecule has 1 atom stereocenters. The Morgan fingerprint density at radius 2 is 2.13 bits per heavy atom. The van der Waals surface area contributed by atoms with Crippen LogP contribution in [0.1, 0.15) is 29.4 Å². The van der Waals surface area contributed by atoms with Crippen LogP contribution in [-0.4, -0.2) is 49.1 Å². The quantitative estimate of drug-likeness (QED) is 0.891. The minimum atomic E-state index is -3.35. The molecule has 1 aromatic heterocycles. The zero-order valence-electron chi connectivity index (χ0n) is 13.3. The van der Waals surface area contributed by atoms with E-state index in [0.29, 0.717) is 25.1 Å². The molecule has 0 bridgehead atoms. The van der Waals surface area contributed by atoms with Gasteiger partial charge in [0.1, 0.15) is 0 Å². The number of sulfonamides is 1. The lowest BCUT2D eigenvalue weighted by Gasteiger charge is -2.17. The number of nitrogens with one attached hydrogen (secondary N) is 2. The normalized spacial score (nSPS) is 18.7. The summed E-state index contributed by atoms with van der Waals surface area (Å²) in [6, 6.07) is 7.66. The Morgan fingerprint density at radius 3 is 2.87 bits per heavy atom. The maximum Gasteiger partial charge on any atom is 0.256 e. The Labute approximate surface area is 135 Å². The molecule has 124 valence electrons. The minimum absolute atomic E-state index is 0.103. The Balaban J connectivity index is 1.86. The summed E-state index contributed by atoms with van der Waals surface area (Å²) in [5, 5.41) is 0.352. The van der Waals surface area contributed by atoms with Crippen LogP contribution in [0, 0.1) is 6.92 Å². The number of amides is 1. The van der Waals surface area contributed by atoms with Gasteiger partial charge >= 0.3 is 0 Å². The highest BCUT2D eigenvalue weighted by Crippen LogP contribution is 2.26. The van der Waals surface area contributed by atoms with E-state index >= 15 is 0 Å². The van der Waals surface area contributed by atoms with Crippen LogP contribution in [0.5, 0.6) is 0 Å². The molecule has 2 N–H and O–H groups in total. The SMILES string of the molecule is CCNS(=O)(=O)[C@H]1CCN(C(=O)c2c(C)[nH]c3ccccc23)C1. The highest BCUT2D eigenvalue weighted by atomic mass is 32.2. The Bertz CT molecular complexity index is 841. The summed E-state index contributed by atoms with van der Waals surface area (Å²) in [6.45, 7) is 4.70. The number of rotatable bonds is 4. The second kappa shape index (κ2) is 5.98. The van der Waals surface area contributed by atoms with Gasteiger partial charge in [0.25, 0.3) is 5.91 Å². The molecule has 1 amide bonds. The predicted molar refractivity (Wildman–Crippen MR) is 89.9 cm³/mol. The van der Waals surface area contributed by atoms with E-state index in [4.69, 9.17) is 0 Å². The van der Waals surface area contributed by atoms with Crippen molar-refractivity contribution in [2.45, 2.75) is 25.5 Å². The Morgan fingerprint density at radius 1 is 1.39 bits per heavy atom. The van der Waals surface area contributed by atoms with Crippen molar-refractivity contribution in [3.05, 3.63) is 35.5 Å². The zero-order chi connectivity index (χ0) is 16.6. The zero-order valence-corrected chi connectivity index (χ0v) is 14.1. The van der Waals surface area contributed by atoms with E-state index in [0.717, 1.165) is 16.6 Å². The summed E-state index contributed by atoms with van der Waals surface area (Å²) < 4.78 is 26.8. The lowest BCUT2D eigenvalue weighted by Crippen LogP contribution is -2.37. The number of hydrogen-bond donors (Lipinski definition) is 2. The number of nitrogens with zero attached hydrogens (tertiary/aromatic N) is 1. The van der Waals surface area contributed by atoms with Gasteiger partial charge in [-0.3, -0.25) is 4.79 Å². The van der Waals surface area contributed by atoms with Crippen LogP contribution in [0.15, 0.2) is 24.3 Å². The average molecular weight is 335 g/mol. The van der Waals surface area contributed by atoms with Gasteiger partial charge in [0.15, 0.2) is 0 Å². The van der Waals surface area contributed by atoms with Gasteiger partial charge in [0.05, 0.1) is 10.8 Å². The molecule has 6 nitrogen and oxygen atoms in total. The van der Waals surface area contributed by atoms with E-state index in [1.165, 1.54) is 0 Å². The largest absolute Gasteiger partial charge is 0.358 e. The van der Waals surface area contributed by atoms with Crippen LogP contribution in [-0.2, 0) is 10.0 Å². The number of benzene rings is 1. The number of hydrogen-bond acceptors (Lipinski definition) is 3. The van der Waals surface area contributed by atoms with Gasteiger partial charge in [-0.05, 0) is 19.4 Å². The number of para-hydroxylation sites is 1. The molecule has 23 heavy (non-hydrogen) atoms. The van der Waals surface area contributed by atoms with Crippen molar-refractivity contribution in [1.82, 2.24) is 14.6 Å². The molecule has 1 aromatic carbocycles. The van der Waals surface area contributed by atoms with Gasteiger partial charge < -0.3 is 9.88 Å². The van der Waals surface area contributed by atoms with Gasteiger partial charge in [-0.1, -0.05) is 25.1 Å². The molecular weight excluding hydrogens is 314 g/mol. The average Bonchev–Trinajstić information content (AvgIpc) is 3.10. The van der Waals surface area contributed by atoms with Crippen molar-refractivity contribution in [3.63, 3.8) is 0 Å². The third-order valence-electron chi connectivity index (χ3n) is 4.32. The number of carbonyl (C=O) groups excluding carboxylic acids is 1. The van der Waals surface area contributed by atoms with Crippen LogP contribution in [0.3, 0.4) is 0 Å². The van der Waals surface area contributed by atoms with Crippen LogP contribution in [0.2, 0.25) is 0 Å². The van der Waals surface area contributed by atoms with E-state index in [2.05, 4.69) is 9.71 Å². The van der Waals surface area contributed by atoms with Gasteiger partial charge in [0.2, 0.25) is 10.0 Å². The third-order valence-corrected chi connectivity index (χ3v) is 6.28. The molecule has 2 aromatic rings. The van der Waals surface area contributed by atoms with Crippen LogP contribution < -0.4 is 4.72 Å². The van der Waals surface area contributed by atoms with E-state index in [1.54, 1.807) is 11.8 Å². The monoisotopic (exact) mass is 335 g/mol. The highest BCUT2D eigenvalue weighted by Gasteiger charge is 2.36. The molecule has 7 heteroatoms. The summed E-state index contributed by atoms with van der Waals surface area (Å²) >= 11 is 0. The van der Waals surface area contributed by atoms with E-state index in [-0.39, 0.29) is 12.5 Å². The lowest BCUT2D eigenvalue weighted by atomic mass is 10.1. The highest BCUT2D eigenvalue weighted by molar-refractivity contribution is 7.90. The molecule has 0 aliphatic carbocycles. The standard InChI is InChI=1S/C16H21N3O3S/c1-3-17-23(21,22)12-8-9-19(10-12)16(20)15-11(2)18-14-7-5-4-6-13(14)15/h4-7,12,17-18H,3,8-10H2,1-2H3/t12-/m0/s1. The first-order valence-electron chi connectivity index (χ1n) is 7.79. The van der Waals surface area contributed by atoms with Crippen molar-refractivity contribution in [1.29, 1.82) is 0 Å². The second-order valence-corrected chi connectivity index (χ2v) is 7.92. The topological polar surface area (TPSA) is 82.3 Å². The first kappa shape index (κ1) is 16.0.